The molecule has 82 valence electrons. The highest BCUT2D eigenvalue weighted by atomic mass is 16.5. The van der Waals surface area contributed by atoms with Crippen molar-refractivity contribution < 1.29 is 14.3 Å². The Bertz CT molecular complexity index is 569. The van der Waals surface area contributed by atoms with Crippen molar-refractivity contribution in [3.05, 3.63) is 41.2 Å². The van der Waals surface area contributed by atoms with E-state index in [-0.39, 0.29) is 0 Å². The van der Waals surface area contributed by atoms with Gasteiger partial charge >= 0.3 is 5.97 Å². The minimum absolute atomic E-state index is 0.403. The number of carbonyl (C=O) groups excluding carboxylic acids is 2. The zero-order valence-corrected chi connectivity index (χ0v) is 9.06. The summed E-state index contributed by atoms with van der Waals surface area (Å²) in [4.78, 5) is 22.6. The highest BCUT2D eigenvalue weighted by Gasteiger charge is 2.19. The maximum Gasteiger partial charge on any atom is 0.355 e. The molecule has 0 aromatic carbocycles. The molecule has 0 spiro atoms. The number of nitrogens with zero attached hydrogens (tertiary/aromatic N) is 1. The molecule has 0 aliphatic carbocycles. The summed E-state index contributed by atoms with van der Waals surface area (Å²) in [6, 6.07) is 5.42. The van der Waals surface area contributed by atoms with E-state index < -0.39 is 5.97 Å². The van der Waals surface area contributed by atoms with Crippen LogP contribution in [0.1, 0.15) is 26.4 Å². The summed E-state index contributed by atoms with van der Waals surface area (Å²) < 4.78 is 6.38. The van der Waals surface area contributed by atoms with Gasteiger partial charge in [0.2, 0.25) is 0 Å². The maximum absolute atomic E-state index is 11.6. The van der Waals surface area contributed by atoms with E-state index in [4.69, 9.17) is 4.74 Å². The van der Waals surface area contributed by atoms with E-state index in [9.17, 15) is 9.59 Å². The Balaban J connectivity index is 2.87. The van der Waals surface area contributed by atoms with E-state index >= 15 is 0 Å². The van der Waals surface area contributed by atoms with Crippen LogP contribution < -0.4 is 0 Å². The second-order valence-electron chi connectivity index (χ2n) is 3.45. The molecule has 2 rings (SSSR count). The average Bonchev–Trinajstić information content (AvgIpc) is 2.60. The first-order chi connectivity index (χ1) is 7.70. The lowest BCUT2D eigenvalue weighted by Crippen LogP contribution is -2.06. The summed E-state index contributed by atoms with van der Waals surface area (Å²) in [5.41, 5.74) is 2.30. The quantitative estimate of drug-likeness (QED) is 0.569. The lowest BCUT2D eigenvalue weighted by molar-refractivity contribution is 0.0592. The molecule has 0 saturated heterocycles. The van der Waals surface area contributed by atoms with Gasteiger partial charge in [-0.05, 0) is 24.6 Å². The normalized spacial score (nSPS) is 10.4. The molecule has 2 aromatic rings. The molecular weight excluding hydrogens is 206 g/mol. The largest absolute Gasteiger partial charge is 0.464 e. The van der Waals surface area contributed by atoms with Crippen LogP contribution in [0.3, 0.4) is 0 Å². The molecular formula is C12H11NO3. The number of aromatic nitrogens is 1. The number of pyridine rings is 1. The molecule has 16 heavy (non-hydrogen) atoms. The molecule has 0 amide bonds. The van der Waals surface area contributed by atoms with Gasteiger partial charge in [-0.15, -0.1) is 0 Å². The molecule has 2 aromatic heterocycles. The van der Waals surface area contributed by atoms with Crippen molar-refractivity contribution >= 4 is 17.8 Å². The number of carbonyl (C=O) groups is 2. The van der Waals surface area contributed by atoms with Crippen LogP contribution in [-0.4, -0.2) is 23.8 Å². The van der Waals surface area contributed by atoms with Gasteiger partial charge in [0.1, 0.15) is 5.69 Å². The first-order valence-electron chi connectivity index (χ1n) is 4.83. The first kappa shape index (κ1) is 10.4. The van der Waals surface area contributed by atoms with Crippen LogP contribution in [0.2, 0.25) is 0 Å². The molecule has 4 nitrogen and oxygen atoms in total. The van der Waals surface area contributed by atoms with Crippen LogP contribution in [0.4, 0.5) is 0 Å². The van der Waals surface area contributed by atoms with E-state index in [1.807, 2.05) is 6.07 Å². The molecule has 0 fully saturated rings. The molecule has 0 aliphatic rings. The van der Waals surface area contributed by atoms with Gasteiger partial charge in [0.25, 0.3) is 0 Å². The smallest absolute Gasteiger partial charge is 0.355 e. The van der Waals surface area contributed by atoms with Crippen molar-refractivity contribution in [1.82, 2.24) is 4.40 Å². The van der Waals surface area contributed by atoms with Crippen molar-refractivity contribution in [2.45, 2.75) is 6.92 Å². The van der Waals surface area contributed by atoms with Crippen LogP contribution in [0, 0.1) is 6.92 Å². The summed E-state index contributed by atoms with van der Waals surface area (Å²) in [6.07, 6.45) is 2.50. The summed E-state index contributed by atoms with van der Waals surface area (Å²) in [6.45, 7) is 1.74. The standard InChI is InChI=1S/C12H11NO3/c1-8-9(7-14)10-5-3-4-6-13(10)11(8)12(15)16-2/h3-7H,1-2H3. The third kappa shape index (κ3) is 1.31. The second kappa shape index (κ2) is 3.81. The van der Waals surface area contributed by atoms with Gasteiger partial charge < -0.3 is 9.14 Å². The zero-order valence-electron chi connectivity index (χ0n) is 9.06. The Morgan fingerprint density at radius 3 is 2.81 bits per heavy atom. The van der Waals surface area contributed by atoms with Gasteiger partial charge in [-0.1, -0.05) is 6.07 Å². The number of fused-ring (bicyclic) bond motifs is 1. The predicted octanol–water partition coefficient (Wildman–Crippen LogP) is 1.85. The van der Waals surface area contributed by atoms with Gasteiger partial charge in [0, 0.05) is 11.8 Å². The van der Waals surface area contributed by atoms with E-state index in [0.717, 1.165) is 11.8 Å². The minimum Gasteiger partial charge on any atom is -0.464 e. The highest BCUT2D eigenvalue weighted by molar-refractivity contribution is 5.98. The summed E-state index contributed by atoms with van der Waals surface area (Å²) in [5.74, 6) is -0.438. The summed E-state index contributed by atoms with van der Waals surface area (Å²) in [7, 11) is 1.32. The summed E-state index contributed by atoms with van der Waals surface area (Å²) >= 11 is 0. The Kier molecular flexibility index (Phi) is 2.48. The van der Waals surface area contributed by atoms with E-state index in [1.165, 1.54) is 7.11 Å². The Morgan fingerprint density at radius 2 is 2.19 bits per heavy atom. The van der Waals surface area contributed by atoms with Crippen molar-refractivity contribution in [2.24, 2.45) is 0 Å². The van der Waals surface area contributed by atoms with Crippen LogP contribution in [0.5, 0.6) is 0 Å². The molecule has 0 aliphatic heterocycles. The molecule has 0 atom stereocenters. The SMILES string of the molecule is COC(=O)c1c(C)c(C=O)c2ccccn12. The van der Waals surface area contributed by atoms with Crippen molar-refractivity contribution in [3.8, 4) is 0 Å². The minimum atomic E-state index is -0.438. The molecule has 2 heterocycles. The highest BCUT2D eigenvalue weighted by Crippen LogP contribution is 2.21. The monoisotopic (exact) mass is 217 g/mol. The lowest BCUT2D eigenvalue weighted by atomic mass is 10.1. The predicted molar refractivity (Wildman–Crippen MR) is 58.9 cm³/mol. The maximum atomic E-state index is 11.6. The number of esters is 1. The Labute approximate surface area is 92.4 Å². The molecule has 4 heteroatoms. The van der Waals surface area contributed by atoms with Gasteiger partial charge in [0.15, 0.2) is 6.29 Å². The third-order valence-corrected chi connectivity index (χ3v) is 2.63. The molecule has 0 bridgehead atoms. The fraction of sp³-hybridized carbons (Fsp3) is 0.167. The number of methoxy groups -OCH3 is 1. The van der Waals surface area contributed by atoms with Crippen molar-refractivity contribution in [2.75, 3.05) is 7.11 Å². The fourth-order valence-electron chi connectivity index (χ4n) is 1.85. The molecule has 0 unspecified atom stereocenters. The average molecular weight is 217 g/mol. The second-order valence-corrected chi connectivity index (χ2v) is 3.45. The Morgan fingerprint density at radius 1 is 1.44 bits per heavy atom. The van der Waals surface area contributed by atoms with Gasteiger partial charge in [0.05, 0.1) is 12.6 Å². The number of hydrogen-bond acceptors (Lipinski definition) is 3. The Hall–Kier alpha value is -2.10. The fourth-order valence-corrected chi connectivity index (χ4v) is 1.85. The van der Waals surface area contributed by atoms with Crippen LogP contribution in [0.15, 0.2) is 24.4 Å². The topological polar surface area (TPSA) is 47.8 Å². The first-order valence-corrected chi connectivity index (χ1v) is 4.83. The van der Waals surface area contributed by atoms with E-state index in [1.54, 1.807) is 29.7 Å². The molecule has 0 radical (unpaired) electrons. The van der Waals surface area contributed by atoms with Crippen LogP contribution in [-0.2, 0) is 4.74 Å². The summed E-state index contributed by atoms with van der Waals surface area (Å²) in [5, 5.41) is 0. The third-order valence-electron chi connectivity index (χ3n) is 2.63. The van der Waals surface area contributed by atoms with Gasteiger partial charge in [-0.25, -0.2) is 4.79 Å². The van der Waals surface area contributed by atoms with Crippen LogP contribution >= 0.6 is 0 Å². The molecule has 0 N–H and O–H groups in total. The van der Waals surface area contributed by atoms with E-state index in [0.29, 0.717) is 16.8 Å². The molecule has 0 saturated carbocycles. The van der Waals surface area contributed by atoms with Gasteiger partial charge in [-0.2, -0.15) is 0 Å². The lowest BCUT2D eigenvalue weighted by Gasteiger charge is -2.01. The van der Waals surface area contributed by atoms with E-state index in [2.05, 4.69) is 0 Å². The number of hydrogen-bond donors (Lipinski definition) is 0. The van der Waals surface area contributed by atoms with Gasteiger partial charge in [-0.3, -0.25) is 4.79 Å². The van der Waals surface area contributed by atoms with Crippen molar-refractivity contribution in [3.63, 3.8) is 0 Å². The number of aldehydes is 1. The number of rotatable bonds is 2. The zero-order chi connectivity index (χ0) is 11.7. The number of ether oxygens (including phenoxy) is 1. The van der Waals surface area contributed by atoms with Crippen molar-refractivity contribution in [1.29, 1.82) is 0 Å². The van der Waals surface area contributed by atoms with Crippen LogP contribution in [0.25, 0.3) is 5.52 Å².